The summed E-state index contributed by atoms with van der Waals surface area (Å²) in [5, 5.41) is 3.30. The first kappa shape index (κ1) is 17.7. The van der Waals surface area contributed by atoms with E-state index in [0.29, 0.717) is 19.8 Å². The van der Waals surface area contributed by atoms with Gasteiger partial charge in [0, 0.05) is 13.7 Å². The first-order valence-corrected chi connectivity index (χ1v) is 7.36. The Morgan fingerprint density at radius 3 is 2.29 bits per heavy atom. The molecule has 0 saturated heterocycles. The van der Waals surface area contributed by atoms with Gasteiger partial charge in [0.25, 0.3) is 0 Å². The maximum absolute atomic E-state index is 12.5. The molecular weight excluding hydrogens is 266 g/mol. The summed E-state index contributed by atoms with van der Waals surface area (Å²) >= 11 is 0. The lowest BCUT2D eigenvalue weighted by Gasteiger charge is -2.32. The van der Waals surface area contributed by atoms with Crippen molar-refractivity contribution < 1.29 is 14.3 Å². The molecule has 0 fully saturated rings. The van der Waals surface area contributed by atoms with Gasteiger partial charge < -0.3 is 9.47 Å². The highest BCUT2D eigenvalue weighted by molar-refractivity contribution is 5.83. The van der Waals surface area contributed by atoms with Gasteiger partial charge in [0.1, 0.15) is 5.54 Å². The summed E-state index contributed by atoms with van der Waals surface area (Å²) in [6.07, 6.45) is 0. The van der Waals surface area contributed by atoms with E-state index in [1.165, 1.54) is 5.56 Å². The minimum Gasteiger partial charge on any atom is -0.464 e. The Bertz CT molecular complexity index is 476. The fourth-order valence-electron chi connectivity index (χ4n) is 2.91. The van der Waals surface area contributed by atoms with Crippen molar-refractivity contribution in [2.45, 2.75) is 40.2 Å². The second-order valence-electron chi connectivity index (χ2n) is 5.54. The van der Waals surface area contributed by atoms with E-state index in [4.69, 9.17) is 9.47 Å². The maximum atomic E-state index is 12.5. The second kappa shape index (κ2) is 7.57. The topological polar surface area (TPSA) is 47.6 Å². The van der Waals surface area contributed by atoms with Crippen LogP contribution in [0.1, 0.15) is 36.1 Å². The molecule has 0 spiro atoms. The van der Waals surface area contributed by atoms with Gasteiger partial charge >= 0.3 is 5.97 Å². The van der Waals surface area contributed by atoms with E-state index in [1.807, 2.05) is 27.7 Å². The van der Waals surface area contributed by atoms with Gasteiger partial charge in [0.2, 0.25) is 0 Å². The molecule has 0 saturated carbocycles. The Morgan fingerprint density at radius 1 is 1.24 bits per heavy atom. The van der Waals surface area contributed by atoms with Crippen LogP contribution in [0, 0.1) is 20.8 Å². The van der Waals surface area contributed by atoms with E-state index in [2.05, 4.69) is 24.4 Å². The molecule has 1 aromatic carbocycles. The van der Waals surface area contributed by atoms with Crippen LogP contribution in [0.3, 0.4) is 0 Å². The minimum absolute atomic E-state index is 0.254. The van der Waals surface area contributed by atoms with Crippen LogP contribution in [-0.2, 0) is 19.8 Å². The molecule has 0 amide bonds. The van der Waals surface area contributed by atoms with Crippen molar-refractivity contribution in [1.82, 2.24) is 5.32 Å². The predicted octanol–water partition coefficient (Wildman–Crippen LogP) is 2.63. The highest BCUT2D eigenvalue weighted by Gasteiger charge is 2.38. The van der Waals surface area contributed by atoms with E-state index in [1.54, 1.807) is 7.11 Å². The van der Waals surface area contributed by atoms with Crippen molar-refractivity contribution in [3.8, 4) is 0 Å². The van der Waals surface area contributed by atoms with Crippen LogP contribution in [0.15, 0.2) is 12.1 Å². The van der Waals surface area contributed by atoms with E-state index >= 15 is 0 Å². The first-order chi connectivity index (χ1) is 9.86. The number of ether oxygens (including phenoxy) is 2. The van der Waals surface area contributed by atoms with Gasteiger partial charge in [-0.05, 0) is 51.3 Å². The Hall–Kier alpha value is -1.39. The van der Waals surface area contributed by atoms with Crippen LogP contribution in [0.4, 0.5) is 0 Å². The molecule has 4 heteroatoms. The number of benzene rings is 1. The quantitative estimate of drug-likeness (QED) is 0.620. The van der Waals surface area contributed by atoms with Crippen molar-refractivity contribution in [1.29, 1.82) is 0 Å². The number of methoxy groups -OCH3 is 1. The highest BCUT2D eigenvalue weighted by atomic mass is 16.5. The molecule has 1 atom stereocenters. The SMILES string of the molecule is CCOC(=O)C(C)(NCCOC)c1c(C)cc(C)cc1C. The van der Waals surface area contributed by atoms with Crippen molar-refractivity contribution >= 4 is 5.97 Å². The molecule has 0 aliphatic heterocycles. The highest BCUT2D eigenvalue weighted by Crippen LogP contribution is 2.30. The van der Waals surface area contributed by atoms with Gasteiger partial charge in [-0.25, -0.2) is 4.79 Å². The summed E-state index contributed by atoms with van der Waals surface area (Å²) in [6, 6.07) is 4.19. The summed E-state index contributed by atoms with van der Waals surface area (Å²) in [5.74, 6) is -0.254. The monoisotopic (exact) mass is 293 g/mol. The lowest BCUT2D eigenvalue weighted by atomic mass is 9.84. The number of hydrogen-bond donors (Lipinski definition) is 1. The van der Waals surface area contributed by atoms with E-state index in [-0.39, 0.29) is 5.97 Å². The first-order valence-electron chi connectivity index (χ1n) is 7.36. The van der Waals surface area contributed by atoms with Gasteiger partial charge in [-0.3, -0.25) is 5.32 Å². The van der Waals surface area contributed by atoms with Crippen LogP contribution in [-0.4, -0.2) is 32.8 Å². The van der Waals surface area contributed by atoms with E-state index in [0.717, 1.165) is 16.7 Å². The lowest BCUT2D eigenvalue weighted by Crippen LogP contribution is -2.49. The number of carbonyl (C=O) groups excluding carboxylic acids is 1. The zero-order chi connectivity index (χ0) is 16.0. The van der Waals surface area contributed by atoms with Gasteiger partial charge in [-0.1, -0.05) is 17.7 Å². The average Bonchev–Trinajstić information content (AvgIpc) is 2.38. The van der Waals surface area contributed by atoms with Crippen LogP contribution >= 0.6 is 0 Å². The number of rotatable bonds is 7. The third-order valence-corrected chi connectivity index (χ3v) is 3.65. The number of hydrogen-bond acceptors (Lipinski definition) is 4. The molecule has 4 nitrogen and oxygen atoms in total. The van der Waals surface area contributed by atoms with Gasteiger partial charge in [0.05, 0.1) is 13.2 Å². The van der Waals surface area contributed by atoms with Gasteiger partial charge in [-0.2, -0.15) is 0 Å². The smallest absolute Gasteiger partial charge is 0.330 e. The zero-order valence-corrected chi connectivity index (χ0v) is 14.0. The molecule has 0 aliphatic rings. The number of carbonyl (C=O) groups is 1. The third kappa shape index (κ3) is 4.05. The molecule has 0 radical (unpaired) electrons. The van der Waals surface area contributed by atoms with Crippen LogP contribution in [0.25, 0.3) is 0 Å². The van der Waals surface area contributed by atoms with Crippen molar-refractivity contribution in [2.24, 2.45) is 0 Å². The standard InChI is InChI=1S/C17H27NO3/c1-7-21-16(19)17(5,18-8-9-20-6)15-13(3)10-12(2)11-14(15)4/h10-11,18H,7-9H2,1-6H3. The molecule has 1 unspecified atom stereocenters. The molecule has 0 heterocycles. The maximum Gasteiger partial charge on any atom is 0.330 e. The normalized spacial score (nSPS) is 13.8. The molecule has 0 aromatic heterocycles. The van der Waals surface area contributed by atoms with Crippen LogP contribution < -0.4 is 5.32 Å². The van der Waals surface area contributed by atoms with E-state index < -0.39 is 5.54 Å². The van der Waals surface area contributed by atoms with Crippen molar-refractivity contribution in [3.05, 3.63) is 34.4 Å². The number of nitrogens with one attached hydrogen (secondary N) is 1. The Kier molecular flexibility index (Phi) is 6.37. The zero-order valence-electron chi connectivity index (χ0n) is 14.0. The largest absolute Gasteiger partial charge is 0.464 e. The van der Waals surface area contributed by atoms with Gasteiger partial charge in [0.15, 0.2) is 0 Å². The van der Waals surface area contributed by atoms with Gasteiger partial charge in [-0.15, -0.1) is 0 Å². The Balaban J connectivity index is 3.26. The fraction of sp³-hybridized carbons (Fsp3) is 0.588. The molecule has 0 bridgehead atoms. The van der Waals surface area contributed by atoms with Crippen LogP contribution in [0.5, 0.6) is 0 Å². The molecule has 1 N–H and O–H groups in total. The minimum atomic E-state index is -0.865. The van der Waals surface area contributed by atoms with Crippen molar-refractivity contribution in [2.75, 3.05) is 26.9 Å². The summed E-state index contributed by atoms with van der Waals surface area (Å²) in [4.78, 5) is 12.5. The lowest BCUT2D eigenvalue weighted by molar-refractivity contribution is -0.151. The summed E-state index contributed by atoms with van der Waals surface area (Å²) in [5.41, 5.74) is 3.50. The Labute approximate surface area is 127 Å². The Morgan fingerprint density at radius 2 is 1.81 bits per heavy atom. The molecule has 118 valence electrons. The molecule has 1 aromatic rings. The van der Waals surface area contributed by atoms with Crippen LogP contribution in [0.2, 0.25) is 0 Å². The predicted molar refractivity (Wildman–Crippen MR) is 84.5 cm³/mol. The molecule has 0 aliphatic carbocycles. The van der Waals surface area contributed by atoms with E-state index in [9.17, 15) is 4.79 Å². The third-order valence-electron chi connectivity index (χ3n) is 3.65. The second-order valence-corrected chi connectivity index (χ2v) is 5.54. The van der Waals surface area contributed by atoms with Crippen molar-refractivity contribution in [3.63, 3.8) is 0 Å². The molecular formula is C17H27NO3. The molecule has 1 rings (SSSR count). The summed E-state index contributed by atoms with van der Waals surface area (Å²) < 4.78 is 10.4. The number of esters is 1. The summed E-state index contributed by atoms with van der Waals surface area (Å²) in [7, 11) is 1.64. The number of aryl methyl sites for hydroxylation is 3. The fourth-order valence-corrected chi connectivity index (χ4v) is 2.91. The molecule has 21 heavy (non-hydrogen) atoms. The summed E-state index contributed by atoms with van der Waals surface area (Å²) in [6.45, 7) is 11.3. The average molecular weight is 293 g/mol.